The van der Waals surface area contributed by atoms with Crippen LogP contribution >= 0.6 is 11.8 Å². The van der Waals surface area contributed by atoms with Crippen LogP contribution < -0.4 is 0 Å². The second-order valence-corrected chi connectivity index (χ2v) is 4.58. The van der Waals surface area contributed by atoms with Crippen LogP contribution in [-0.4, -0.2) is 15.1 Å². The zero-order valence-electron chi connectivity index (χ0n) is 9.52. The van der Waals surface area contributed by atoms with Gasteiger partial charge in [0, 0.05) is 17.0 Å². The maximum absolute atomic E-state index is 5.11. The smallest absolute Gasteiger partial charge is 0.137 e. The Balaban J connectivity index is 2.08. The van der Waals surface area contributed by atoms with Gasteiger partial charge in [0.15, 0.2) is 0 Å². The molecule has 0 atom stereocenters. The topological polar surface area (TPSA) is 51.8 Å². The van der Waals surface area contributed by atoms with Crippen LogP contribution in [0.4, 0.5) is 0 Å². The molecule has 0 N–H and O–H groups in total. The summed E-state index contributed by atoms with van der Waals surface area (Å²) in [4.78, 5) is 8.26. The van der Waals surface area contributed by atoms with Crippen molar-refractivity contribution in [1.82, 2.24) is 15.1 Å². The quantitative estimate of drug-likeness (QED) is 0.604. The zero-order valence-corrected chi connectivity index (χ0v) is 10.3. The molecule has 5 heteroatoms. The second-order valence-electron chi connectivity index (χ2n) is 3.59. The Morgan fingerprint density at radius 2 is 2.06 bits per heavy atom. The van der Waals surface area contributed by atoms with Crippen LogP contribution in [0.25, 0.3) is 0 Å². The van der Waals surface area contributed by atoms with Crippen LogP contribution in [0.1, 0.15) is 22.7 Å². The highest BCUT2D eigenvalue weighted by Gasteiger charge is 2.09. The summed E-state index contributed by atoms with van der Waals surface area (Å²) in [5.41, 5.74) is 3.09. The van der Waals surface area contributed by atoms with E-state index in [9.17, 15) is 0 Å². The number of hydrogen-bond acceptors (Lipinski definition) is 5. The van der Waals surface area contributed by atoms with E-state index in [-0.39, 0.29) is 0 Å². The maximum Gasteiger partial charge on any atom is 0.137 e. The molecule has 0 fully saturated rings. The van der Waals surface area contributed by atoms with Gasteiger partial charge in [-0.3, -0.25) is 0 Å². The molecule has 0 spiro atoms. The van der Waals surface area contributed by atoms with Crippen LogP contribution in [0.15, 0.2) is 21.9 Å². The normalized spacial score (nSPS) is 10.7. The van der Waals surface area contributed by atoms with Gasteiger partial charge in [-0.1, -0.05) is 5.16 Å². The van der Waals surface area contributed by atoms with Gasteiger partial charge in [0.25, 0.3) is 0 Å². The number of nitrogens with zero attached hydrogens (tertiary/aromatic N) is 3. The van der Waals surface area contributed by atoms with Gasteiger partial charge in [-0.2, -0.15) is 0 Å². The van der Waals surface area contributed by atoms with E-state index in [1.807, 2.05) is 26.8 Å². The van der Waals surface area contributed by atoms with E-state index in [0.29, 0.717) is 0 Å². The second kappa shape index (κ2) is 4.65. The molecular formula is C11H13N3OS. The lowest BCUT2D eigenvalue weighted by Crippen LogP contribution is -1.88. The summed E-state index contributed by atoms with van der Waals surface area (Å²) >= 11 is 1.67. The minimum atomic E-state index is 0.831. The van der Waals surface area contributed by atoms with Gasteiger partial charge in [-0.15, -0.1) is 11.8 Å². The summed E-state index contributed by atoms with van der Waals surface area (Å²) in [5.74, 6) is 1.72. The van der Waals surface area contributed by atoms with E-state index < -0.39 is 0 Å². The van der Waals surface area contributed by atoms with E-state index in [1.54, 1.807) is 18.1 Å². The molecule has 2 aromatic rings. The van der Waals surface area contributed by atoms with Gasteiger partial charge in [0.2, 0.25) is 0 Å². The van der Waals surface area contributed by atoms with E-state index in [1.165, 1.54) is 0 Å². The fraction of sp³-hybridized carbons (Fsp3) is 0.364. The molecule has 2 heterocycles. The average molecular weight is 235 g/mol. The zero-order chi connectivity index (χ0) is 11.5. The molecule has 0 saturated carbocycles. The molecule has 0 aliphatic carbocycles. The van der Waals surface area contributed by atoms with Gasteiger partial charge >= 0.3 is 0 Å². The Hall–Kier alpha value is -1.36. The van der Waals surface area contributed by atoms with Gasteiger partial charge in [-0.25, -0.2) is 9.97 Å². The van der Waals surface area contributed by atoms with Crippen molar-refractivity contribution in [2.24, 2.45) is 0 Å². The molecule has 0 bridgehead atoms. The molecule has 4 nitrogen and oxygen atoms in total. The van der Waals surface area contributed by atoms with Gasteiger partial charge in [-0.05, 0) is 26.8 Å². The van der Waals surface area contributed by atoms with Crippen LogP contribution in [-0.2, 0) is 5.75 Å². The first-order valence-electron chi connectivity index (χ1n) is 5.00. The Bertz CT molecular complexity index is 476. The van der Waals surface area contributed by atoms with Crippen LogP contribution in [0.2, 0.25) is 0 Å². The first-order chi connectivity index (χ1) is 7.66. The molecule has 2 aromatic heterocycles. The van der Waals surface area contributed by atoms with Crippen molar-refractivity contribution in [3.63, 3.8) is 0 Å². The molecule has 2 rings (SSSR count). The average Bonchev–Trinajstić information content (AvgIpc) is 2.56. The molecule has 0 aliphatic heterocycles. The van der Waals surface area contributed by atoms with Crippen molar-refractivity contribution < 1.29 is 4.52 Å². The summed E-state index contributed by atoms with van der Waals surface area (Å²) in [5, 5.41) is 4.90. The lowest BCUT2D eigenvalue weighted by molar-refractivity contribution is 0.392. The summed E-state index contributed by atoms with van der Waals surface area (Å²) in [7, 11) is 0. The first-order valence-corrected chi connectivity index (χ1v) is 5.98. The highest BCUT2D eigenvalue weighted by molar-refractivity contribution is 7.98. The third kappa shape index (κ3) is 2.41. The maximum atomic E-state index is 5.11. The van der Waals surface area contributed by atoms with Crippen LogP contribution in [0, 0.1) is 20.8 Å². The Kier molecular flexibility index (Phi) is 3.24. The highest BCUT2D eigenvalue weighted by atomic mass is 32.2. The highest BCUT2D eigenvalue weighted by Crippen LogP contribution is 2.24. The minimum absolute atomic E-state index is 0.831. The molecule has 0 amide bonds. The standard InChI is InChI=1S/C11H13N3OS/c1-7-4-11(13-6-12-7)16-5-10-8(2)14-15-9(10)3/h4,6H,5H2,1-3H3. The summed E-state index contributed by atoms with van der Waals surface area (Å²) < 4.78 is 5.11. The van der Waals surface area contributed by atoms with Crippen molar-refractivity contribution in [3.8, 4) is 0 Å². The van der Waals surface area contributed by atoms with E-state index in [0.717, 1.165) is 33.5 Å². The van der Waals surface area contributed by atoms with E-state index in [4.69, 9.17) is 4.52 Å². The predicted octanol–water partition coefficient (Wildman–Crippen LogP) is 2.68. The third-order valence-electron chi connectivity index (χ3n) is 2.32. The third-order valence-corrected chi connectivity index (χ3v) is 3.28. The molecular weight excluding hydrogens is 222 g/mol. The van der Waals surface area contributed by atoms with Crippen molar-refractivity contribution >= 4 is 11.8 Å². The SMILES string of the molecule is Cc1cc(SCc2c(C)noc2C)ncn1. The van der Waals surface area contributed by atoms with Crippen molar-refractivity contribution in [2.45, 2.75) is 31.6 Å². The fourth-order valence-electron chi connectivity index (χ4n) is 1.36. The Morgan fingerprint density at radius 3 is 2.69 bits per heavy atom. The van der Waals surface area contributed by atoms with E-state index >= 15 is 0 Å². The molecule has 0 saturated heterocycles. The number of aryl methyl sites for hydroxylation is 3. The van der Waals surface area contributed by atoms with E-state index in [2.05, 4.69) is 15.1 Å². The summed E-state index contributed by atoms with van der Waals surface area (Å²) in [6.07, 6.45) is 1.59. The molecule has 0 unspecified atom stereocenters. The van der Waals surface area contributed by atoms with Crippen molar-refractivity contribution in [1.29, 1.82) is 0 Å². The lowest BCUT2D eigenvalue weighted by atomic mass is 10.2. The van der Waals surface area contributed by atoms with Gasteiger partial charge in [0.1, 0.15) is 12.1 Å². The molecule has 16 heavy (non-hydrogen) atoms. The first kappa shape index (κ1) is 11.1. The monoisotopic (exact) mass is 235 g/mol. The molecule has 84 valence electrons. The number of rotatable bonds is 3. The Morgan fingerprint density at radius 1 is 1.25 bits per heavy atom. The van der Waals surface area contributed by atoms with Crippen LogP contribution in [0.3, 0.4) is 0 Å². The lowest BCUT2D eigenvalue weighted by Gasteiger charge is -2.00. The van der Waals surface area contributed by atoms with Gasteiger partial charge < -0.3 is 4.52 Å². The minimum Gasteiger partial charge on any atom is -0.361 e. The molecule has 0 aromatic carbocycles. The molecule has 0 radical (unpaired) electrons. The van der Waals surface area contributed by atoms with Crippen LogP contribution in [0.5, 0.6) is 0 Å². The van der Waals surface area contributed by atoms with Gasteiger partial charge in [0.05, 0.1) is 10.7 Å². The fourth-order valence-corrected chi connectivity index (χ4v) is 2.44. The number of hydrogen-bond donors (Lipinski definition) is 0. The largest absolute Gasteiger partial charge is 0.361 e. The predicted molar refractivity (Wildman–Crippen MR) is 62.3 cm³/mol. The van der Waals surface area contributed by atoms with Crippen molar-refractivity contribution in [2.75, 3.05) is 0 Å². The summed E-state index contributed by atoms with van der Waals surface area (Å²) in [6.45, 7) is 5.85. The Labute approximate surface area is 98.5 Å². The summed E-state index contributed by atoms with van der Waals surface area (Å²) in [6, 6.07) is 1.98. The number of aromatic nitrogens is 3. The van der Waals surface area contributed by atoms with Crippen molar-refractivity contribution in [3.05, 3.63) is 35.1 Å². The molecule has 0 aliphatic rings. The number of thioether (sulfide) groups is 1.